The number of hydrogen-bond acceptors (Lipinski definition) is 4. The fourth-order valence-corrected chi connectivity index (χ4v) is 2.09. The lowest BCUT2D eigenvalue weighted by atomic mass is 10.1. The predicted molar refractivity (Wildman–Crippen MR) is 69.9 cm³/mol. The minimum absolute atomic E-state index is 0.165. The Kier molecular flexibility index (Phi) is 4.04. The smallest absolute Gasteiger partial charge is 0.337 e. The van der Waals surface area contributed by atoms with E-state index in [9.17, 15) is 4.79 Å². The van der Waals surface area contributed by atoms with Crippen molar-refractivity contribution in [3.8, 4) is 0 Å². The number of aromatic carboxylic acids is 1. The molecule has 0 saturated carbocycles. The van der Waals surface area contributed by atoms with E-state index in [0.29, 0.717) is 17.9 Å². The van der Waals surface area contributed by atoms with Crippen LogP contribution in [0.2, 0.25) is 0 Å². The first kappa shape index (κ1) is 12.7. The molecule has 1 aliphatic heterocycles. The molecule has 0 bridgehead atoms. The van der Waals surface area contributed by atoms with E-state index in [4.69, 9.17) is 15.6 Å². The van der Waals surface area contributed by atoms with Gasteiger partial charge in [0.2, 0.25) is 0 Å². The van der Waals surface area contributed by atoms with Gasteiger partial charge in [0.05, 0.1) is 11.7 Å². The van der Waals surface area contributed by atoms with Crippen molar-refractivity contribution in [2.24, 2.45) is 0 Å². The van der Waals surface area contributed by atoms with Crippen LogP contribution in [0, 0.1) is 0 Å². The van der Waals surface area contributed by atoms with E-state index in [-0.39, 0.29) is 11.7 Å². The highest BCUT2D eigenvalue weighted by Crippen LogP contribution is 2.20. The molecule has 0 aliphatic carbocycles. The molecule has 98 valence electrons. The summed E-state index contributed by atoms with van der Waals surface area (Å²) in [7, 11) is 0. The van der Waals surface area contributed by atoms with Crippen LogP contribution in [0.25, 0.3) is 0 Å². The van der Waals surface area contributed by atoms with Gasteiger partial charge < -0.3 is 20.9 Å². The largest absolute Gasteiger partial charge is 0.478 e. The van der Waals surface area contributed by atoms with Crippen LogP contribution in [0.1, 0.15) is 29.6 Å². The third-order valence-electron chi connectivity index (χ3n) is 3.07. The number of nitrogens with one attached hydrogen (secondary N) is 1. The molecule has 1 saturated heterocycles. The summed E-state index contributed by atoms with van der Waals surface area (Å²) in [4.78, 5) is 11.1. The summed E-state index contributed by atoms with van der Waals surface area (Å²) in [5.74, 6) is -0.977. The summed E-state index contributed by atoms with van der Waals surface area (Å²) < 4.78 is 5.59. The fourth-order valence-electron chi connectivity index (χ4n) is 2.09. The topological polar surface area (TPSA) is 84.6 Å². The van der Waals surface area contributed by atoms with Gasteiger partial charge in [-0.05, 0) is 37.5 Å². The lowest BCUT2D eigenvalue weighted by Gasteiger charge is -2.23. The average molecular weight is 250 g/mol. The molecule has 4 N–H and O–H groups in total. The Morgan fingerprint density at radius 2 is 2.33 bits per heavy atom. The number of nitrogens with two attached hydrogens (primary N) is 1. The van der Waals surface area contributed by atoms with E-state index in [0.717, 1.165) is 19.4 Å². The average Bonchev–Trinajstić information content (AvgIpc) is 2.38. The van der Waals surface area contributed by atoms with Crippen LogP contribution in [-0.2, 0) is 4.74 Å². The number of carboxylic acids is 1. The maximum atomic E-state index is 11.1. The molecule has 1 fully saturated rings. The minimum atomic E-state index is -0.977. The van der Waals surface area contributed by atoms with Crippen molar-refractivity contribution in [3.63, 3.8) is 0 Å². The van der Waals surface area contributed by atoms with Gasteiger partial charge in [-0.25, -0.2) is 4.79 Å². The van der Waals surface area contributed by atoms with Crippen LogP contribution in [-0.4, -0.2) is 30.3 Å². The fraction of sp³-hybridized carbons (Fsp3) is 0.462. The van der Waals surface area contributed by atoms with Gasteiger partial charge in [0.15, 0.2) is 0 Å². The molecule has 1 aromatic rings. The summed E-state index contributed by atoms with van der Waals surface area (Å²) in [6, 6.07) is 4.85. The van der Waals surface area contributed by atoms with Crippen LogP contribution in [0.4, 0.5) is 11.4 Å². The summed E-state index contributed by atoms with van der Waals surface area (Å²) >= 11 is 0. The van der Waals surface area contributed by atoms with Gasteiger partial charge >= 0.3 is 5.97 Å². The standard InChI is InChI=1S/C13H18N2O3/c14-9-4-5-12(11(7-9)13(16)17)15-8-10-3-1-2-6-18-10/h4-5,7,10,15H,1-3,6,8,14H2,(H,16,17). The minimum Gasteiger partial charge on any atom is -0.478 e. The van der Waals surface area contributed by atoms with E-state index >= 15 is 0 Å². The molecule has 1 aliphatic rings. The number of nitrogen functional groups attached to an aromatic ring is 1. The highest BCUT2D eigenvalue weighted by molar-refractivity contribution is 5.95. The van der Waals surface area contributed by atoms with Crippen molar-refractivity contribution >= 4 is 17.3 Å². The first-order valence-corrected chi connectivity index (χ1v) is 6.15. The van der Waals surface area contributed by atoms with E-state index < -0.39 is 5.97 Å². The monoisotopic (exact) mass is 250 g/mol. The van der Waals surface area contributed by atoms with Gasteiger partial charge in [-0.15, -0.1) is 0 Å². The number of anilines is 2. The molecule has 5 nitrogen and oxygen atoms in total. The van der Waals surface area contributed by atoms with Crippen molar-refractivity contribution < 1.29 is 14.6 Å². The number of carboxylic acid groups (broad SMARTS) is 1. The van der Waals surface area contributed by atoms with E-state index in [1.807, 2.05) is 0 Å². The molecule has 1 atom stereocenters. The number of carbonyl (C=O) groups is 1. The highest BCUT2D eigenvalue weighted by Gasteiger charge is 2.15. The Balaban J connectivity index is 2.01. The van der Waals surface area contributed by atoms with Crippen LogP contribution in [0.3, 0.4) is 0 Å². The zero-order valence-corrected chi connectivity index (χ0v) is 10.2. The zero-order valence-electron chi connectivity index (χ0n) is 10.2. The van der Waals surface area contributed by atoms with Crippen LogP contribution in [0.15, 0.2) is 18.2 Å². The SMILES string of the molecule is Nc1ccc(NCC2CCCCO2)c(C(=O)O)c1. The van der Waals surface area contributed by atoms with Crippen LogP contribution < -0.4 is 11.1 Å². The number of benzene rings is 1. The summed E-state index contributed by atoms with van der Waals surface area (Å²) in [5, 5.41) is 12.2. The molecule has 0 spiro atoms. The van der Waals surface area contributed by atoms with Gasteiger partial charge in [-0.1, -0.05) is 0 Å². The van der Waals surface area contributed by atoms with Crippen molar-refractivity contribution in [1.29, 1.82) is 0 Å². The van der Waals surface area contributed by atoms with Crippen LogP contribution in [0.5, 0.6) is 0 Å². The Morgan fingerprint density at radius 3 is 3.00 bits per heavy atom. The van der Waals surface area contributed by atoms with E-state index in [2.05, 4.69) is 5.32 Å². The Hall–Kier alpha value is -1.75. The molecule has 1 unspecified atom stereocenters. The maximum absolute atomic E-state index is 11.1. The molecule has 0 radical (unpaired) electrons. The molecule has 2 rings (SSSR count). The molecule has 1 aromatic carbocycles. The second kappa shape index (κ2) is 5.73. The van der Waals surface area contributed by atoms with Crippen molar-refractivity contribution in [2.75, 3.05) is 24.2 Å². The van der Waals surface area contributed by atoms with Crippen molar-refractivity contribution in [1.82, 2.24) is 0 Å². The second-order valence-electron chi connectivity index (χ2n) is 4.48. The van der Waals surface area contributed by atoms with Crippen LogP contribution >= 0.6 is 0 Å². The lowest BCUT2D eigenvalue weighted by Crippen LogP contribution is -2.27. The number of rotatable bonds is 4. The summed E-state index contributed by atoms with van der Waals surface area (Å²) in [5.41, 5.74) is 6.83. The van der Waals surface area contributed by atoms with Gasteiger partial charge in [-0.3, -0.25) is 0 Å². The van der Waals surface area contributed by atoms with E-state index in [1.165, 1.54) is 12.5 Å². The van der Waals surface area contributed by atoms with Crippen molar-refractivity contribution in [2.45, 2.75) is 25.4 Å². The molecular weight excluding hydrogens is 232 g/mol. The molecule has 0 aromatic heterocycles. The zero-order chi connectivity index (χ0) is 13.0. The number of hydrogen-bond donors (Lipinski definition) is 3. The quantitative estimate of drug-likeness (QED) is 0.711. The molecule has 18 heavy (non-hydrogen) atoms. The summed E-state index contributed by atoms with van der Waals surface area (Å²) in [6.07, 6.45) is 3.46. The molecule has 5 heteroatoms. The first-order valence-electron chi connectivity index (χ1n) is 6.15. The summed E-state index contributed by atoms with van der Waals surface area (Å²) in [6.45, 7) is 1.42. The third-order valence-corrected chi connectivity index (χ3v) is 3.07. The first-order chi connectivity index (χ1) is 8.66. The van der Waals surface area contributed by atoms with E-state index in [1.54, 1.807) is 12.1 Å². The number of ether oxygens (including phenoxy) is 1. The Bertz CT molecular complexity index is 428. The maximum Gasteiger partial charge on any atom is 0.337 e. The molecule has 1 heterocycles. The molecule has 0 amide bonds. The molecular formula is C13H18N2O3. The van der Waals surface area contributed by atoms with Crippen molar-refractivity contribution in [3.05, 3.63) is 23.8 Å². The van der Waals surface area contributed by atoms with Gasteiger partial charge in [-0.2, -0.15) is 0 Å². The van der Waals surface area contributed by atoms with Gasteiger partial charge in [0, 0.05) is 24.5 Å². The Labute approximate surface area is 106 Å². The second-order valence-corrected chi connectivity index (χ2v) is 4.48. The third kappa shape index (κ3) is 3.13. The lowest BCUT2D eigenvalue weighted by molar-refractivity contribution is 0.0247. The Morgan fingerprint density at radius 1 is 1.50 bits per heavy atom. The highest BCUT2D eigenvalue weighted by atomic mass is 16.5. The van der Waals surface area contributed by atoms with Gasteiger partial charge in [0.1, 0.15) is 0 Å². The van der Waals surface area contributed by atoms with Gasteiger partial charge in [0.25, 0.3) is 0 Å². The normalized spacial score (nSPS) is 19.4. The predicted octanol–water partition coefficient (Wildman–Crippen LogP) is 1.95.